The van der Waals surface area contributed by atoms with Gasteiger partial charge in [0.05, 0.1) is 24.8 Å². The van der Waals surface area contributed by atoms with E-state index in [-0.39, 0.29) is 24.3 Å². The number of aliphatic carboxylic acids is 1. The molecule has 0 bridgehead atoms. The Labute approximate surface area is 252 Å². The Balaban J connectivity index is 1.58. The highest BCUT2D eigenvalue weighted by molar-refractivity contribution is 7.14. The number of aromatic nitrogens is 1. The lowest BCUT2D eigenvalue weighted by Gasteiger charge is -2.25. The number of carboxylic acids is 1. The van der Waals surface area contributed by atoms with Crippen LogP contribution in [-0.4, -0.2) is 41.0 Å². The number of anilines is 2. The van der Waals surface area contributed by atoms with Gasteiger partial charge in [0.2, 0.25) is 0 Å². The first-order valence-corrected chi connectivity index (χ1v) is 14.6. The summed E-state index contributed by atoms with van der Waals surface area (Å²) in [5.74, 6) is -1.83. The first-order chi connectivity index (χ1) is 20.2. The van der Waals surface area contributed by atoms with Crippen molar-refractivity contribution < 1.29 is 32.6 Å². The van der Waals surface area contributed by atoms with Crippen molar-refractivity contribution in [3.05, 3.63) is 94.5 Å². The Morgan fingerprint density at radius 3 is 2.33 bits per heavy atom. The van der Waals surface area contributed by atoms with Crippen LogP contribution >= 0.6 is 11.3 Å². The molecular weight excluding hydrogens is 579 g/mol. The van der Waals surface area contributed by atoms with Crippen molar-refractivity contribution >= 4 is 39.6 Å². The zero-order valence-electron chi connectivity index (χ0n) is 24.3. The average Bonchev–Trinajstić information content (AvgIpc) is 3.42. The van der Waals surface area contributed by atoms with E-state index >= 15 is 0 Å². The number of ether oxygens (including phenoxy) is 1. The van der Waals surface area contributed by atoms with Crippen molar-refractivity contribution in [1.82, 2.24) is 10.3 Å². The number of alkyl halides is 3. The SMILES string of the molecule is CC1C=C(c2csc(N(Cc3ccc(C(=O)NCCC(=O)O)cc3)c3ccc(C(C)(C)C)cc3)n2)C=CC1OC(F)(F)F. The van der Waals surface area contributed by atoms with Gasteiger partial charge in [-0.3, -0.25) is 14.3 Å². The van der Waals surface area contributed by atoms with E-state index in [9.17, 15) is 22.8 Å². The lowest BCUT2D eigenvalue weighted by atomic mass is 9.87. The molecule has 2 atom stereocenters. The summed E-state index contributed by atoms with van der Waals surface area (Å²) in [5.41, 5.74) is 4.77. The van der Waals surface area contributed by atoms with Crippen LogP contribution in [0.5, 0.6) is 0 Å². The normalized spacial score (nSPS) is 17.0. The van der Waals surface area contributed by atoms with Crippen LogP contribution in [0, 0.1) is 5.92 Å². The number of amides is 1. The van der Waals surface area contributed by atoms with Gasteiger partial charge in [-0.15, -0.1) is 24.5 Å². The number of nitrogens with zero attached hydrogens (tertiary/aromatic N) is 2. The van der Waals surface area contributed by atoms with E-state index in [4.69, 9.17) is 10.1 Å². The summed E-state index contributed by atoms with van der Waals surface area (Å²) in [7, 11) is 0. The van der Waals surface area contributed by atoms with E-state index in [1.165, 1.54) is 23.0 Å². The van der Waals surface area contributed by atoms with Gasteiger partial charge in [-0.25, -0.2) is 4.98 Å². The molecule has 1 aliphatic carbocycles. The molecule has 0 aliphatic heterocycles. The fraction of sp³-hybridized carbons (Fsp3) is 0.344. The third-order valence-corrected chi connectivity index (χ3v) is 7.80. The molecule has 11 heteroatoms. The number of halogens is 3. The van der Waals surface area contributed by atoms with E-state index in [0.717, 1.165) is 16.8 Å². The van der Waals surface area contributed by atoms with E-state index < -0.39 is 24.4 Å². The summed E-state index contributed by atoms with van der Waals surface area (Å²) in [4.78, 5) is 30.0. The highest BCUT2D eigenvalue weighted by atomic mass is 32.1. The first-order valence-electron chi connectivity index (χ1n) is 13.8. The maximum Gasteiger partial charge on any atom is 0.523 e. The molecule has 3 aromatic rings. The number of carboxylic acid groups (broad SMARTS) is 1. The number of nitrogens with one attached hydrogen (secondary N) is 1. The molecule has 1 heterocycles. The molecule has 0 saturated heterocycles. The van der Waals surface area contributed by atoms with Crippen molar-refractivity contribution in [2.45, 2.75) is 58.5 Å². The number of carbonyl (C=O) groups is 2. The summed E-state index contributed by atoms with van der Waals surface area (Å²) in [6, 6.07) is 15.3. The molecule has 228 valence electrons. The monoisotopic (exact) mass is 613 g/mol. The molecule has 0 fully saturated rings. The Morgan fingerprint density at radius 1 is 1.07 bits per heavy atom. The number of carbonyl (C=O) groups excluding carboxylic acids is 1. The van der Waals surface area contributed by atoms with Gasteiger partial charge in [0.25, 0.3) is 5.91 Å². The fourth-order valence-corrected chi connectivity index (χ4v) is 5.39. The first kappa shape index (κ1) is 32.0. The summed E-state index contributed by atoms with van der Waals surface area (Å²) >= 11 is 1.42. The van der Waals surface area contributed by atoms with Crippen molar-refractivity contribution in [2.75, 3.05) is 11.4 Å². The number of hydrogen-bond acceptors (Lipinski definition) is 6. The highest BCUT2D eigenvalue weighted by Gasteiger charge is 2.35. The Kier molecular flexibility index (Phi) is 9.76. The van der Waals surface area contributed by atoms with Crippen molar-refractivity contribution in [3.8, 4) is 0 Å². The highest BCUT2D eigenvalue weighted by Crippen LogP contribution is 2.36. The molecule has 1 amide bonds. The molecule has 1 aromatic heterocycles. The number of rotatable bonds is 10. The molecule has 7 nitrogen and oxygen atoms in total. The Morgan fingerprint density at radius 2 is 1.74 bits per heavy atom. The number of benzene rings is 2. The van der Waals surface area contributed by atoms with Gasteiger partial charge in [0.1, 0.15) is 0 Å². The van der Waals surface area contributed by atoms with Gasteiger partial charge in [-0.2, -0.15) is 0 Å². The largest absolute Gasteiger partial charge is 0.523 e. The lowest BCUT2D eigenvalue weighted by Crippen LogP contribution is -2.28. The number of allylic oxidation sites excluding steroid dienone is 2. The fourth-order valence-electron chi connectivity index (χ4n) is 4.54. The molecule has 2 aromatic carbocycles. The number of hydrogen-bond donors (Lipinski definition) is 2. The van der Waals surface area contributed by atoms with Crippen LogP contribution in [0.1, 0.15) is 61.3 Å². The topological polar surface area (TPSA) is 91.8 Å². The maximum atomic E-state index is 12.8. The van der Waals surface area contributed by atoms with Crippen molar-refractivity contribution in [2.24, 2.45) is 5.92 Å². The van der Waals surface area contributed by atoms with E-state index in [1.807, 2.05) is 29.6 Å². The minimum Gasteiger partial charge on any atom is -0.481 e. The van der Waals surface area contributed by atoms with Crippen LogP contribution in [0.3, 0.4) is 0 Å². The third-order valence-electron chi connectivity index (χ3n) is 6.94. The molecule has 2 unspecified atom stereocenters. The second kappa shape index (κ2) is 13.1. The minimum absolute atomic E-state index is 0.0250. The van der Waals surface area contributed by atoms with E-state index in [0.29, 0.717) is 22.9 Å². The van der Waals surface area contributed by atoms with Crippen LogP contribution in [0.25, 0.3) is 5.57 Å². The molecule has 0 saturated carbocycles. The van der Waals surface area contributed by atoms with Gasteiger partial charge in [-0.1, -0.05) is 70.2 Å². The standard InChI is InChI=1S/C32H34F3N3O4S/c1-20-17-23(9-14-27(20)42-32(33,34)35)26-19-43-30(37-26)38(25-12-10-24(11-13-25)31(2,3)4)18-21-5-7-22(8-6-21)29(41)36-16-15-28(39)40/h5-14,17,19-20,27H,15-16,18H2,1-4H3,(H,36,41)(H,39,40). The van der Waals surface area contributed by atoms with Gasteiger partial charge >= 0.3 is 12.3 Å². The minimum atomic E-state index is -4.71. The smallest absolute Gasteiger partial charge is 0.481 e. The van der Waals surface area contributed by atoms with Gasteiger partial charge < -0.3 is 15.3 Å². The molecular formula is C32H34F3N3O4S. The average molecular weight is 614 g/mol. The lowest BCUT2D eigenvalue weighted by molar-refractivity contribution is -0.339. The van der Waals surface area contributed by atoms with Gasteiger partial charge in [0, 0.05) is 29.1 Å². The van der Waals surface area contributed by atoms with Crippen LogP contribution in [0.4, 0.5) is 24.0 Å². The maximum absolute atomic E-state index is 12.8. The molecule has 0 spiro atoms. The second-order valence-electron chi connectivity index (χ2n) is 11.4. The Hall–Kier alpha value is -3.96. The van der Waals surface area contributed by atoms with E-state index in [1.54, 1.807) is 31.2 Å². The van der Waals surface area contributed by atoms with Crippen molar-refractivity contribution in [3.63, 3.8) is 0 Å². The molecule has 1 aliphatic rings. The molecule has 4 rings (SSSR count). The quantitative estimate of drug-likeness (QED) is 0.246. The van der Waals surface area contributed by atoms with Gasteiger partial charge in [0.15, 0.2) is 5.13 Å². The summed E-state index contributed by atoms with van der Waals surface area (Å²) in [6.45, 7) is 8.58. The zero-order chi connectivity index (χ0) is 31.4. The molecule has 43 heavy (non-hydrogen) atoms. The van der Waals surface area contributed by atoms with Crippen LogP contribution in [0.2, 0.25) is 0 Å². The summed E-state index contributed by atoms with van der Waals surface area (Å²) < 4.78 is 42.5. The zero-order valence-corrected chi connectivity index (χ0v) is 25.1. The predicted molar refractivity (Wildman–Crippen MR) is 161 cm³/mol. The molecule has 2 N–H and O–H groups in total. The van der Waals surface area contributed by atoms with Gasteiger partial charge in [-0.05, 0) is 46.4 Å². The van der Waals surface area contributed by atoms with Crippen molar-refractivity contribution in [1.29, 1.82) is 0 Å². The van der Waals surface area contributed by atoms with E-state index in [2.05, 4.69) is 47.9 Å². The second-order valence-corrected chi connectivity index (χ2v) is 12.2. The third kappa shape index (κ3) is 8.77. The molecule has 0 radical (unpaired) electrons. The summed E-state index contributed by atoms with van der Waals surface area (Å²) in [6.07, 6.45) is -1.21. The van der Waals surface area contributed by atoms with Crippen LogP contribution < -0.4 is 10.2 Å². The van der Waals surface area contributed by atoms with Crippen LogP contribution in [-0.2, 0) is 21.5 Å². The number of thiazole rings is 1. The predicted octanol–water partition coefficient (Wildman–Crippen LogP) is 7.48. The summed E-state index contributed by atoms with van der Waals surface area (Å²) in [5, 5.41) is 14.0. The Bertz CT molecular complexity index is 1490. The van der Waals surface area contributed by atoms with Crippen LogP contribution in [0.15, 0.2) is 72.1 Å².